The molecule has 1 heterocycles. The second kappa shape index (κ2) is 2.90. The molecule has 12 heavy (non-hydrogen) atoms. The minimum Gasteiger partial charge on any atom is -0.491 e. The number of hydrogen-bond acceptors (Lipinski definition) is 4. The molecule has 68 valence electrons. The van der Waals surface area contributed by atoms with Gasteiger partial charge in [-0.05, 0) is 6.92 Å². The van der Waals surface area contributed by atoms with Crippen LogP contribution in [0.2, 0.25) is 0 Å². The predicted molar refractivity (Wildman–Crippen MR) is 39.9 cm³/mol. The summed E-state index contributed by atoms with van der Waals surface area (Å²) in [5, 5.41) is 26.8. The molecule has 1 rings (SSSR count). The summed E-state index contributed by atoms with van der Waals surface area (Å²) in [4.78, 5) is 11.1. The fourth-order valence-electron chi connectivity index (χ4n) is 0.981. The number of aromatic hydroxyl groups is 2. The summed E-state index contributed by atoms with van der Waals surface area (Å²) in [5.74, 6) is -1.12. The lowest BCUT2D eigenvalue weighted by Gasteiger charge is -1.93. The average Bonchev–Trinajstić information content (AvgIpc) is 2.25. The van der Waals surface area contributed by atoms with Gasteiger partial charge in [-0.3, -0.25) is 4.57 Å². The zero-order valence-corrected chi connectivity index (χ0v) is 6.56. The summed E-state index contributed by atoms with van der Waals surface area (Å²) in [6, 6.07) is 0. The van der Waals surface area contributed by atoms with Crippen molar-refractivity contribution in [3.63, 3.8) is 0 Å². The van der Waals surface area contributed by atoms with Crippen molar-refractivity contribution in [3.8, 4) is 11.8 Å². The first kappa shape index (κ1) is 8.66. The van der Waals surface area contributed by atoms with Gasteiger partial charge in [-0.15, -0.1) is 0 Å². The van der Waals surface area contributed by atoms with E-state index in [9.17, 15) is 4.79 Å². The van der Waals surface area contributed by atoms with E-state index in [4.69, 9.17) is 15.3 Å². The molecule has 0 radical (unpaired) electrons. The molecule has 6 nitrogen and oxygen atoms in total. The lowest BCUT2D eigenvalue weighted by Crippen LogP contribution is -2.23. The van der Waals surface area contributed by atoms with Crippen LogP contribution in [-0.4, -0.2) is 24.5 Å². The second-order valence-corrected chi connectivity index (χ2v) is 2.24. The highest BCUT2D eigenvalue weighted by atomic mass is 16.3. The predicted octanol–water partition coefficient (Wildman–Crippen LogP) is -0.969. The van der Waals surface area contributed by atoms with E-state index in [1.165, 1.54) is 0 Å². The summed E-state index contributed by atoms with van der Waals surface area (Å²) in [6.07, 6.45) is 0. The van der Waals surface area contributed by atoms with Crippen LogP contribution in [0.5, 0.6) is 11.8 Å². The molecule has 0 atom stereocenters. The Morgan fingerprint density at radius 1 is 1.25 bits per heavy atom. The molecular weight excluding hydrogens is 164 g/mol. The molecule has 0 bridgehead atoms. The van der Waals surface area contributed by atoms with Crippen molar-refractivity contribution in [1.82, 2.24) is 9.13 Å². The molecule has 0 unspecified atom stereocenters. The van der Waals surface area contributed by atoms with Gasteiger partial charge < -0.3 is 15.3 Å². The largest absolute Gasteiger partial charge is 0.491 e. The van der Waals surface area contributed by atoms with Gasteiger partial charge in [0.2, 0.25) is 0 Å². The number of aromatic nitrogens is 2. The zero-order valence-electron chi connectivity index (χ0n) is 6.56. The Hall–Kier alpha value is -1.43. The van der Waals surface area contributed by atoms with E-state index < -0.39 is 24.2 Å². The number of hydrogen-bond donors (Lipinski definition) is 3. The quantitative estimate of drug-likeness (QED) is 0.538. The standard InChI is InChI=1S/C6H10N2O4/c1-2-7-4(10)5(11)8(3-9)6(7)12/h9-11H,2-3H2,1H3. The first-order chi connectivity index (χ1) is 5.63. The van der Waals surface area contributed by atoms with Crippen LogP contribution in [0.25, 0.3) is 0 Å². The number of aliphatic hydroxyl groups is 1. The molecule has 0 aromatic carbocycles. The van der Waals surface area contributed by atoms with Crippen molar-refractivity contribution >= 4 is 0 Å². The van der Waals surface area contributed by atoms with Crippen molar-refractivity contribution in [2.45, 2.75) is 20.2 Å². The zero-order chi connectivity index (χ0) is 9.30. The van der Waals surface area contributed by atoms with Crippen molar-refractivity contribution in [2.75, 3.05) is 0 Å². The third-order valence-corrected chi connectivity index (χ3v) is 1.63. The maximum atomic E-state index is 11.1. The van der Waals surface area contributed by atoms with Gasteiger partial charge >= 0.3 is 5.69 Å². The molecule has 6 heteroatoms. The number of rotatable bonds is 2. The van der Waals surface area contributed by atoms with Gasteiger partial charge in [-0.1, -0.05) is 0 Å². The van der Waals surface area contributed by atoms with Gasteiger partial charge in [0.25, 0.3) is 11.8 Å². The minimum atomic E-state index is -0.648. The van der Waals surface area contributed by atoms with E-state index >= 15 is 0 Å². The van der Waals surface area contributed by atoms with E-state index in [0.29, 0.717) is 4.57 Å². The Kier molecular flexibility index (Phi) is 2.09. The van der Waals surface area contributed by atoms with Crippen molar-refractivity contribution < 1.29 is 15.3 Å². The lowest BCUT2D eigenvalue weighted by molar-refractivity contribution is 0.190. The van der Waals surface area contributed by atoms with E-state index in [2.05, 4.69) is 0 Å². The maximum absolute atomic E-state index is 11.1. The normalized spacial score (nSPS) is 10.5. The van der Waals surface area contributed by atoms with Crippen molar-refractivity contribution in [2.24, 2.45) is 0 Å². The molecule has 1 aromatic rings. The SMILES string of the molecule is CCn1c(O)c(O)n(CO)c1=O. The van der Waals surface area contributed by atoms with Crippen LogP contribution < -0.4 is 5.69 Å². The smallest absolute Gasteiger partial charge is 0.335 e. The summed E-state index contributed by atoms with van der Waals surface area (Å²) in [6.45, 7) is 1.23. The van der Waals surface area contributed by atoms with Crippen molar-refractivity contribution in [3.05, 3.63) is 10.5 Å². The number of imidazole rings is 1. The van der Waals surface area contributed by atoms with Crippen LogP contribution in [0.1, 0.15) is 6.92 Å². The third-order valence-electron chi connectivity index (χ3n) is 1.63. The molecule has 1 aromatic heterocycles. The van der Waals surface area contributed by atoms with E-state index in [1.54, 1.807) is 6.92 Å². The molecule has 3 N–H and O–H groups in total. The summed E-state index contributed by atoms with van der Waals surface area (Å²) >= 11 is 0. The molecule has 0 aliphatic rings. The minimum absolute atomic E-state index is 0.241. The highest BCUT2D eigenvalue weighted by Crippen LogP contribution is 2.21. The first-order valence-electron chi connectivity index (χ1n) is 3.45. The molecule has 0 fully saturated rings. The molecule has 0 saturated carbocycles. The Bertz CT molecular complexity index is 308. The fraction of sp³-hybridized carbons (Fsp3) is 0.500. The molecule has 0 saturated heterocycles. The summed E-state index contributed by atoms with van der Waals surface area (Å²) < 4.78 is 1.62. The van der Waals surface area contributed by atoms with Gasteiger partial charge in [0.15, 0.2) is 0 Å². The molecular formula is C6H10N2O4. The fourth-order valence-corrected chi connectivity index (χ4v) is 0.981. The lowest BCUT2D eigenvalue weighted by atomic mass is 10.7. The van der Waals surface area contributed by atoms with Gasteiger partial charge in [0, 0.05) is 6.54 Å². The van der Waals surface area contributed by atoms with Crippen LogP contribution in [0.4, 0.5) is 0 Å². The third kappa shape index (κ3) is 0.964. The molecule has 0 aliphatic heterocycles. The summed E-state index contributed by atoms with van der Waals surface area (Å²) in [5.41, 5.74) is -0.630. The van der Waals surface area contributed by atoms with Crippen LogP contribution >= 0.6 is 0 Å². The maximum Gasteiger partial charge on any atom is 0.335 e. The monoisotopic (exact) mass is 174 g/mol. The number of aliphatic hydroxyl groups excluding tert-OH is 1. The van der Waals surface area contributed by atoms with Gasteiger partial charge in [-0.25, -0.2) is 9.36 Å². The van der Waals surface area contributed by atoms with Crippen LogP contribution in [-0.2, 0) is 13.3 Å². The topological polar surface area (TPSA) is 87.6 Å². The van der Waals surface area contributed by atoms with E-state index in [-0.39, 0.29) is 6.54 Å². The second-order valence-electron chi connectivity index (χ2n) is 2.24. The van der Waals surface area contributed by atoms with Crippen LogP contribution in [0.15, 0.2) is 4.79 Å². The Morgan fingerprint density at radius 3 is 2.00 bits per heavy atom. The summed E-state index contributed by atoms with van der Waals surface area (Å²) in [7, 11) is 0. The Balaban J connectivity index is 3.43. The Morgan fingerprint density at radius 2 is 1.75 bits per heavy atom. The van der Waals surface area contributed by atoms with Crippen LogP contribution in [0.3, 0.4) is 0 Å². The van der Waals surface area contributed by atoms with Gasteiger partial charge in [-0.2, -0.15) is 0 Å². The number of nitrogens with zero attached hydrogens (tertiary/aromatic N) is 2. The highest BCUT2D eigenvalue weighted by Gasteiger charge is 2.16. The average molecular weight is 174 g/mol. The first-order valence-corrected chi connectivity index (χ1v) is 3.45. The molecule has 0 spiro atoms. The highest BCUT2D eigenvalue weighted by molar-refractivity contribution is 5.25. The van der Waals surface area contributed by atoms with Crippen LogP contribution in [0, 0.1) is 0 Å². The Labute approximate surface area is 67.9 Å². The molecule has 0 aliphatic carbocycles. The van der Waals surface area contributed by atoms with E-state index in [1.807, 2.05) is 0 Å². The molecule has 0 amide bonds. The van der Waals surface area contributed by atoms with Gasteiger partial charge in [0.1, 0.15) is 6.73 Å². The van der Waals surface area contributed by atoms with Crippen molar-refractivity contribution in [1.29, 1.82) is 0 Å². The van der Waals surface area contributed by atoms with Gasteiger partial charge in [0.05, 0.1) is 0 Å². The van der Waals surface area contributed by atoms with E-state index in [0.717, 1.165) is 4.57 Å².